The van der Waals surface area contributed by atoms with Crippen LogP contribution in [0.4, 0.5) is 0 Å². The molecule has 1 aliphatic heterocycles. The van der Waals surface area contributed by atoms with Crippen molar-refractivity contribution < 1.29 is 14.3 Å². The van der Waals surface area contributed by atoms with E-state index < -0.39 is 0 Å². The van der Waals surface area contributed by atoms with Gasteiger partial charge in [0.15, 0.2) is 5.78 Å². The summed E-state index contributed by atoms with van der Waals surface area (Å²) in [5.74, 6) is -0.184. The van der Waals surface area contributed by atoms with Crippen molar-refractivity contribution in [1.82, 2.24) is 4.90 Å². The van der Waals surface area contributed by atoms with Gasteiger partial charge in [0.1, 0.15) is 0 Å². The number of carbonyl (C=O) groups is 2. The highest BCUT2D eigenvalue weighted by Gasteiger charge is 2.37. The molecule has 1 aliphatic carbocycles. The molecule has 4 rings (SSSR count). The Hall–Kier alpha value is -1.98. The molecule has 0 spiro atoms. The fourth-order valence-corrected chi connectivity index (χ4v) is 4.39. The van der Waals surface area contributed by atoms with Gasteiger partial charge in [0.25, 0.3) is 5.91 Å². The molecule has 1 amide bonds. The molecule has 1 heterocycles. The summed E-state index contributed by atoms with van der Waals surface area (Å²) in [6, 6.07) is 14.5. The zero-order chi connectivity index (χ0) is 18.8. The summed E-state index contributed by atoms with van der Waals surface area (Å²) in [7, 11) is 0. The molecule has 4 nitrogen and oxygen atoms in total. The van der Waals surface area contributed by atoms with E-state index in [1.54, 1.807) is 24.3 Å². The highest BCUT2D eigenvalue weighted by Crippen LogP contribution is 2.30. The quantitative estimate of drug-likeness (QED) is 0.679. The van der Waals surface area contributed by atoms with Crippen LogP contribution in [0.15, 0.2) is 53.0 Å². The van der Waals surface area contributed by atoms with Crippen molar-refractivity contribution in [3.05, 3.63) is 69.7 Å². The average molecular weight is 428 g/mol. The number of rotatable bonds is 3. The number of hydrogen-bond acceptors (Lipinski definition) is 3. The van der Waals surface area contributed by atoms with Gasteiger partial charge in [-0.1, -0.05) is 47.0 Å². The summed E-state index contributed by atoms with van der Waals surface area (Å²) in [5.41, 5.74) is 1.52. The van der Waals surface area contributed by atoms with Crippen LogP contribution < -0.4 is 0 Å². The number of benzene rings is 2. The number of ether oxygens (including phenoxy) is 1. The minimum atomic E-state index is -0.125. The maximum absolute atomic E-state index is 13.4. The summed E-state index contributed by atoms with van der Waals surface area (Å²) < 4.78 is 6.81. The molecule has 27 heavy (non-hydrogen) atoms. The molecule has 2 unspecified atom stereocenters. The Morgan fingerprint density at radius 3 is 2.44 bits per heavy atom. The molecular weight excluding hydrogens is 406 g/mol. The number of amides is 1. The van der Waals surface area contributed by atoms with Crippen molar-refractivity contribution in [1.29, 1.82) is 0 Å². The predicted molar refractivity (Wildman–Crippen MR) is 107 cm³/mol. The second-order valence-corrected chi connectivity index (χ2v) is 8.06. The van der Waals surface area contributed by atoms with Crippen LogP contribution in [0, 0.1) is 0 Å². The van der Waals surface area contributed by atoms with E-state index in [0.717, 1.165) is 30.2 Å². The van der Waals surface area contributed by atoms with Gasteiger partial charge in [0.2, 0.25) is 0 Å². The lowest BCUT2D eigenvalue weighted by molar-refractivity contribution is -0.0752. The number of nitrogens with zero attached hydrogens (tertiary/aromatic N) is 1. The van der Waals surface area contributed by atoms with E-state index in [4.69, 9.17) is 4.74 Å². The molecule has 2 atom stereocenters. The third kappa shape index (κ3) is 3.71. The number of hydrogen-bond donors (Lipinski definition) is 0. The van der Waals surface area contributed by atoms with Crippen LogP contribution in [0.1, 0.15) is 52.0 Å². The number of halogens is 1. The molecule has 2 aromatic carbocycles. The van der Waals surface area contributed by atoms with Crippen molar-refractivity contribution in [2.24, 2.45) is 0 Å². The molecule has 0 aromatic heterocycles. The molecule has 0 bridgehead atoms. The largest absolute Gasteiger partial charge is 0.374 e. The average Bonchev–Trinajstić information content (AvgIpc) is 2.73. The molecule has 5 heteroatoms. The van der Waals surface area contributed by atoms with Gasteiger partial charge in [0, 0.05) is 22.1 Å². The van der Waals surface area contributed by atoms with Crippen LogP contribution in [0.25, 0.3) is 0 Å². The Morgan fingerprint density at radius 1 is 0.963 bits per heavy atom. The minimum absolute atomic E-state index is 0.0590. The molecule has 140 valence electrons. The van der Waals surface area contributed by atoms with E-state index in [1.165, 1.54) is 0 Å². The van der Waals surface area contributed by atoms with E-state index in [0.29, 0.717) is 29.8 Å². The molecule has 2 fully saturated rings. The Labute approximate surface area is 167 Å². The lowest BCUT2D eigenvalue weighted by Crippen LogP contribution is -2.55. The number of carbonyl (C=O) groups excluding carboxylic acids is 2. The van der Waals surface area contributed by atoms with E-state index in [9.17, 15) is 9.59 Å². The van der Waals surface area contributed by atoms with E-state index >= 15 is 0 Å². The predicted octanol–water partition coefficient (Wildman–Crippen LogP) is 4.46. The summed E-state index contributed by atoms with van der Waals surface area (Å²) >= 11 is 3.39. The van der Waals surface area contributed by atoms with Gasteiger partial charge in [-0.3, -0.25) is 9.59 Å². The first-order valence-corrected chi connectivity index (χ1v) is 10.3. The van der Waals surface area contributed by atoms with Gasteiger partial charge in [-0.2, -0.15) is 0 Å². The van der Waals surface area contributed by atoms with Crippen molar-refractivity contribution in [3.8, 4) is 0 Å². The van der Waals surface area contributed by atoms with Crippen LogP contribution in [0.3, 0.4) is 0 Å². The normalized spacial score (nSPS) is 22.2. The zero-order valence-electron chi connectivity index (χ0n) is 15.1. The summed E-state index contributed by atoms with van der Waals surface area (Å²) in [5, 5.41) is 0. The molecule has 0 radical (unpaired) electrons. The van der Waals surface area contributed by atoms with E-state index in [1.807, 2.05) is 29.2 Å². The second kappa shape index (κ2) is 7.95. The minimum Gasteiger partial charge on any atom is -0.374 e. The van der Waals surface area contributed by atoms with Gasteiger partial charge in [-0.05, 0) is 43.2 Å². The SMILES string of the molecule is O=C(c1ccc(Br)cc1)c1ccccc1C(=O)N1CCOC2CCCCC21. The van der Waals surface area contributed by atoms with Crippen LogP contribution in [-0.2, 0) is 4.74 Å². The van der Waals surface area contributed by atoms with Crippen molar-refractivity contribution >= 4 is 27.6 Å². The Morgan fingerprint density at radius 2 is 1.67 bits per heavy atom. The number of fused-ring (bicyclic) bond motifs is 1. The van der Waals surface area contributed by atoms with Crippen LogP contribution in [0.5, 0.6) is 0 Å². The number of ketones is 1. The molecular formula is C22H22BrNO3. The number of morpholine rings is 1. The maximum Gasteiger partial charge on any atom is 0.255 e. The van der Waals surface area contributed by atoms with Gasteiger partial charge < -0.3 is 9.64 Å². The van der Waals surface area contributed by atoms with Gasteiger partial charge in [-0.25, -0.2) is 0 Å². The van der Waals surface area contributed by atoms with E-state index in [2.05, 4.69) is 15.9 Å². The first kappa shape index (κ1) is 18.4. The smallest absolute Gasteiger partial charge is 0.255 e. The first-order valence-electron chi connectivity index (χ1n) is 9.47. The third-order valence-corrected chi connectivity index (χ3v) is 6.03. The van der Waals surface area contributed by atoms with Crippen molar-refractivity contribution in [2.75, 3.05) is 13.2 Å². The lowest BCUT2D eigenvalue weighted by Gasteiger charge is -2.44. The zero-order valence-corrected chi connectivity index (χ0v) is 16.7. The Kier molecular flexibility index (Phi) is 5.41. The topological polar surface area (TPSA) is 46.6 Å². The van der Waals surface area contributed by atoms with Crippen LogP contribution >= 0.6 is 15.9 Å². The van der Waals surface area contributed by atoms with Gasteiger partial charge in [0.05, 0.1) is 24.3 Å². The highest BCUT2D eigenvalue weighted by atomic mass is 79.9. The Bertz CT molecular complexity index is 847. The van der Waals surface area contributed by atoms with E-state index in [-0.39, 0.29) is 23.8 Å². The molecule has 1 saturated heterocycles. The first-order chi connectivity index (χ1) is 13.1. The maximum atomic E-state index is 13.4. The monoisotopic (exact) mass is 427 g/mol. The fourth-order valence-electron chi connectivity index (χ4n) is 4.13. The molecule has 2 aromatic rings. The summed E-state index contributed by atoms with van der Waals surface area (Å²) in [6.45, 7) is 1.15. The lowest BCUT2D eigenvalue weighted by atomic mass is 9.89. The second-order valence-electron chi connectivity index (χ2n) is 7.14. The molecule has 2 aliphatic rings. The fraction of sp³-hybridized carbons (Fsp3) is 0.364. The molecule has 1 saturated carbocycles. The van der Waals surface area contributed by atoms with Crippen LogP contribution in [0.2, 0.25) is 0 Å². The summed E-state index contributed by atoms with van der Waals surface area (Å²) in [4.78, 5) is 28.3. The van der Waals surface area contributed by atoms with Crippen LogP contribution in [-0.4, -0.2) is 41.9 Å². The highest BCUT2D eigenvalue weighted by molar-refractivity contribution is 9.10. The standard InChI is InChI=1S/C22H22BrNO3/c23-16-11-9-15(10-12-16)21(25)17-5-1-2-6-18(17)22(26)24-13-14-27-20-8-4-3-7-19(20)24/h1-2,5-6,9-12,19-20H,3-4,7-8,13-14H2. The third-order valence-electron chi connectivity index (χ3n) is 5.50. The van der Waals surface area contributed by atoms with Crippen molar-refractivity contribution in [2.45, 2.75) is 37.8 Å². The Balaban J connectivity index is 1.65. The summed E-state index contributed by atoms with van der Waals surface area (Å²) in [6.07, 6.45) is 4.38. The molecule has 0 N–H and O–H groups in total. The van der Waals surface area contributed by atoms with Gasteiger partial charge >= 0.3 is 0 Å². The van der Waals surface area contributed by atoms with Crippen molar-refractivity contribution in [3.63, 3.8) is 0 Å². The van der Waals surface area contributed by atoms with Gasteiger partial charge in [-0.15, -0.1) is 0 Å².